The van der Waals surface area contributed by atoms with Crippen LogP contribution in [0.5, 0.6) is 0 Å². The van der Waals surface area contributed by atoms with Gasteiger partial charge >= 0.3 is 0 Å². The quantitative estimate of drug-likeness (QED) is 0.232. The summed E-state index contributed by atoms with van der Waals surface area (Å²) in [4.78, 5) is 12.4. The van der Waals surface area contributed by atoms with E-state index in [1.165, 1.54) is 44.9 Å². The number of hydrogen-bond donors (Lipinski definition) is 3. The number of carbonyl (C=O) groups is 1. The Labute approximate surface area is 155 Å². The second-order valence-corrected chi connectivity index (χ2v) is 7.20. The van der Waals surface area contributed by atoms with Crippen molar-refractivity contribution >= 4 is 6.41 Å². The number of carbonyl (C=O) groups excluding carboxylic acids is 1. The van der Waals surface area contributed by atoms with E-state index >= 15 is 0 Å². The Balaban J connectivity index is 3.26. The molecule has 1 unspecified atom stereocenters. The predicted octanol–water partition coefficient (Wildman–Crippen LogP) is 2.93. The van der Waals surface area contributed by atoms with Crippen LogP contribution in [0.1, 0.15) is 77.6 Å². The standard InChI is InChI=1S/C20H43N3O2/c1-3-4-5-6-7-8-9-10-13-20(25)18-21-14-11-16-23(2)17-12-15-22-19-24/h19-21,25H,3-18H2,1-2H3,(H,22,24). The van der Waals surface area contributed by atoms with Crippen molar-refractivity contribution in [2.75, 3.05) is 39.8 Å². The minimum absolute atomic E-state index is 0.202. The van der Waals surface area contributed by atoms with Crippen molar-refractivity contribution in [2.45, 2.75) is 83.7 Å². The van der Waals surface area contributed by atoms with Crippen LogP contribution in [0.4, 0.5) is 0 Å². The Bertz CT molecular complexity index is 278. The second-order valence-electron chi connectivity index (χ2n) is 7.20. The van der Waals surface area contributed by atoms with Gasteiger partial charge in [0.25, 0.3) is 0 Å². The molecule has 0 aromatic carbocycles. The van der Waals surface area contributed by atoms with Gasteiger partial charge in [0, 0.05) is 13.1 Å². The third kappa shape index (κ3) is 19.5. The summed E-state index contributed by atoms with van der Waals surface area (Å²) in [5, 5.41) is 16.0. The molecular formula is C20H43N3O2. The summed E-state index contributed by atoms with van der Waals surface area (Å²) < 4.78 is 0. The van der Waals surface area contributed by atoms with Gasteiger partial charge in [-0.25, -0.2) is 0 Å². The van der Waals surface area contributed by atoms with Crippen molar-refractivity contribution in [2.24, 2.45) is 0 Å². The van der Waals surface area contributed by atoms with Gasteiger partial charge in [0.05, 0.1) is 6.10 Å². The van der Waals surface area contributed by atoms with Crippen LogP contribution >= 0.6 is 0 Å². The van der Waals surface area contributed by atoms with Gasteiger partial charge in [-0.05, 0) is 45.9 Å². The van der Waals surface area contributed by atoms with Crippen LogP contribution in [0, 0.1) is 0 Å². The Morgan fingerprint density at radius 2 is 1.52 bits per heavy atom. The molecule has 0 bridgehead atoms. The molecule has 0 aliphatic heterocycles. The van der Waals surface area contributed by atoms with Crippen molar-refractivity contribution in [3.8, 4) is 0 Å². The molecule has 0 saturated heterocycles. The topological polar surface area (TPSA) is 64.6 Å². The van der Waals surface area contributed by atoms with Crippen molar-refractivity contribution in [1.82, 2.24) is 15.5 Å². The lowest BCUT2D eigenvalue weighted by Gasteiger charge is -2.17. The zero-order valence-electron chi connectivity index (χ0n) is 16.8. The molecule has 150 valence electrons. The van der Waals surface area contributed by atoms with Crippen LogP contribution in [0.2, 0.25) is 0 Å². The predicted molar refractivity (Wildman–Crippen MR) is 107 cm³/mol. The molecule has 5 heteroatoms. The monoisotopic (exact) mass is 357 g/mol. The van der Waals surface area contributed by atoms with Gasteiger partial charge in [-0.2, -0.15) is 0 Å². The molecule has 0 rings (SSSR count). The van der Waals surface area contributed by atoms with Crippen LogP contribution < -0.4 is 10.6 Å². The minimum Gasteiger partial charge on any atom is -0.392 e. The van der Waals surface area contributed by atoms with Crippen LogP contribution in [-0.4, -0.2) is 62.3 Å². The van der Waals surface area contributed by atoms with E-state index in [0.717, 1.165) is 58.3 Å². The maximum absolute atomic E-state index is 10.1. The zero-order valence-corrected chi connectivity index (χ0v) is 16.8. The molecule has 5 nitrogen and oxygen atoms in total. The first-order valence-electron chi connectivity index (χ1n) is 10.4. The molecule has 0 heterocycles. The molecule has 1 amide bonds. The summed E-state index contributed by atoms with van der Waals surface area (Å²) in [6.07, 6.45) is 14.1. The smallest absolute Gasteiger partial charge is 0.207 e. The maximum atomic E-state index is 10.1. The fourth-order valence-corrected chi connectivity index (χ4v) is 2.98. The first-order valence-corrected chi connectivity index (χ1v) is 10.4. The highest BCUT2D eigenvalue weighted by atomic mass is 16.3. The van der Waals surface area contributed by atoms with Crippen LogP contribution in [0.3, 0.4) is 0 Å². The molecule has 0 aromatic rings. The number of amides is 1. The van der Waals surface area contributed by atoms with Gasteiger partial charge in [0.2, 0.25) is 6.41 Å². The third-order valence-electron chi connectivity index (χ3n) is 4.61. The second kappa shape index (κ2) is 19.7. The SMILES string of the molecule is CCCCCCCCCCC(O)CNCCCN(C)CCCNC=O. The Kier molecular flexibility index (Phi) is 19.2. The third-order valence-corrected chi connectivity index (χ3v) is 4.61. The van der Waals surface area contributed by atoms with Gasteiger partial charge in [0.15, 0.2) is 0 Å². The average Bonchev–Trinajstić information content (AvgIpc) is 2.60. The zero-order chi connectivity index (χ0) is 18.6. The fraction of sp³-hybridized carbons (Fsp3) is 0.950. The van der Waals surface area contributed by atoms with E-state index in [2.05, 4.69) is 29.5 Å². The van der Waals surface area contributed by atoms with Crippen molar-refractivity contribution in [1.29, 1.82) is 0 Å². The molecule has 3 N–H and O–H groups in total. The molecule has 25 heavy (non-hydrogen) atoms. The summed E-state index contributed by atoms with van der Waals surface area (Å²) in [5.41, 5.74) is 0. The van der Waals surface area contributed by atoms with Gasteiger partial charge in [-0.15, -0.1) is 0 Å². The van der Waals surface area contributed by atoms with E-state index in [9.17, 15) is 9.90 Å². The minimum atomic E-state index is -0.202. The van der Waals surface area contributed by atoms with E-state index in [1.54, 1.807) is 0 Å². The Morgan fingerprint density at radius 3 is 2.16 bits per heavy atom. The molecule has 0 radical (unpaired) electrons. The molecule has 0 aromatic heterocycles. The number of aliphatic hydroxyl groups excluding tert-OH is 1. The van der Waals surface area contributed by atoms with Crippen molar-refractivity contribution < 1.29 is 9.90 Å². The molecular weight excluding hydrogens is 314 g/mol. The van der Waals surface area contributed by atoms with E-state index in [-0.39, 0.29) is 6.10 Å². The highest BCUT2D eigenvalue weighted by Crippen LogP contribution is 2.10. The van der Waals surface area contributed by atoms with Gasteiger partial charge in [0.1, 0.15) is 0 Å². The summed E-state index contributed by atoms with van der Waals surface area (Å²) >= 11 is 0. The Hall–Kier alpha value is -0.650. The normalized spacial score (nSPS) is 12.5. The van der Waals surface area contributed by atoms with Crippen LogP contribution in [0.15, 0.2) is 0 Å². The molecule has 0 aliphatic rings. The fourth-order valence-electron chi connectivity index (χ4n) is 2.98. The Morgan fingerprint density at radius 1 is 0.920 bits per heavy atom. The summed E-state index contributed by atoms with van der Waals surface area (Å²) in [5.74, 6) is 0. The lowest BCUT2D eigenvalue weighted by atomic mass is 10.1. The highest BCUT2D eigenvalue weighted by molar-refractivity contribution is 5.45. The number of nitrogens with zero attached hydrogens (tertiary/aromatic N) is 1. The van der Waals surface area contributed by atoms with E-state index in [4.69, 9.17) is 0 Å². The molecule has 0 spiro atoms. The summed E-state index contributed by atoms with van der Waals surface area (Å²) in [6, 6.07) is 0. The van der Waals surface area contributed by atoms with Crippen LogP contribution in [0.25, 0.3) is 0 Å². The largest absolute Gasteiger partial charge is 0.392 e. The van der Waals surface area contributed by atoms with Gasteiger partial charge in [-0.3, -0.25) is 4.79 Å². The van der Waals surface area contributed by atoms with E-state index in [1.807, 2.05) is 0 Å². The number of hydrogen-bond acceptors (Lipinski definition) is 4. The molecule has 0 fully saturated rings. The number of unbranched alkanes of at least 4 members (excludes halogenated alkanes) is 7. The number of aliphatic hydroxyl groups is 1. The van der Waals surface area contributed by atoms with Crippen molar-refractivity contribution in [3.63, 3.8) is 0 Å². The van der Waals surface area contributed by atoms with E-state index < -0.39 is 0 Å². The average molecular weight is 358 g/mol. The molecule has 0 aliphatic carbocycles. The van der Waals surface area contributed by atoms with Gasteiger partial charge < -0.3 is 20.6 Å². The first kappa shape index (κ1) is 24.4. The number of nitrogens with one attached hydrogen (secondary N) is 2. The first-order chi connectivity index (χ1) is 12.2. The van der Waals surface area contributed by atoms with Crippen LogP contribution in [-0.2, 0) is 4.79 Å². The lowest BCUT2D eigenvalue weighted by molar-refractivity contribution is -0.109. The van der Waals surface area contributed by atoms with Gasteiger partial charge in [-0.1, -0.05) is 58.3 Å². The lowest BCUT2D eigenvalue weighted by Crippen LogP contribution is -2.30. The number of rotatable bonds is 20. The van der Waals surface area contributed by atoms with E-state index in [0.29, 0.717) is 6.54 Å². The highest BCUT2D eigenvalue weighted by Gasteiger charge is 2.03. The maximum Gasteiger partial charge on any atom is 0.207 e. The van der Waals surface area contributed by atoms with Crippen molar-refractivity contribution in [3.05, 3.63) is 0 Å². The summed E-state index contributed by atoms with van der Waals surface area (Å²) in [7, 11) is 2.11. The molecule has 1 atom stereocenters. The summed E-state index contributed by atoms with van der Waals surface area (Å²) in [6.45, 7) is 6.71. The molecule has 0 saturated carbocycles.